The number of hydrogen-bond donors (Lipinski definition) is 2. The first-order valence-electron chi connectivity index (χ1n) is 8.78. The Morgan fingerprint density at radius 1 is 1.04 bits per heavy atom. The maximum Gasteiger partial charge on any atom is 0.222 e. The van der Waals surface area contributed by atoms with Crippen LogP contribution in [0.4, 0.5) is 5.95 Å². The van der Waals surface area contributed by atoms with Crippen LogP contribution >= 0.6 is 0 Å². The Labute approximate surface area is 157 Å². The van der Waals surface area contributed by atoms with Gasteiger partial charge in [0.1, 0.15) is 12.4 Å². The molecule has 0 amide bonds. The molecule has 3 aromatic carbocycles. The molecule has 0 fully saturated rings. The van der Waals surface area contributed by atoms with Crippen molar-refractivity contribution in [3.63, 3.8) is 0 Å². The van der Waals surface area contributed by atoms with E-state index < -0.39 is 0 Å². The van der Waals surface area contributed by atoms with Gasteiger partial charge < -0.3 is 9.72 Å². The van der Waals surface area contributed by atoms with E-state index in [2.05, 4.69) is 51.7 Å². The van der Waals surface area contributed by atoms with Crippen molar-refractivity contribution in [1.29, 1.82) is 0 Å². The van der Waals surface area contributed by atoms with Crippen LogP contribution < -0.4 is 10.2 Å². The van der Waals surface area contributed by atoms with Gasteiger partial charge in [0.05, 0.1) is 17.2 Å². The van der Waals surface area contributed by atoms with Gasteiger partial charge in [-0.2, -0.15) is 5.10 Å². The number of rotatable bonds is 6. The number of aromatic nitrogens is 2. The fourth-order valence-corrected chi connectivity index (χ4v) is 2.71. The predicted octanol–water partition coefficient (Wildman–Crippen LogP) is 4.90. The Morgan fingerprint density at radius 2 is 1.89 bits per heavy atom. The SMILES string of the molecule is Cc1ccc(COc2cccc(/C=N\Nc3nc4ccccc4[nH]3)c2)cc1. The number of fused-ring (bicyclic) bond motifs is 1. The van der Waals surface area contributed by atoms with E-state index >= 15 is 0 Å². The molecule has 0 unspecified atom stereocenters. The number of anilines is 1. The van der Waals surface area contributed by atoms with Crippen molar-refractivity contribution in [1.82, 2.24) is 9.97 Å². The third-order valence-corrected chi connectivity index (χ3v) is 4.16. The van der Waals surface area contributed by atoms with Crippen LogP contribution in [0.1, 0.15) is 16.7 Å². The molecule has 4 aromatic rings. The second kappa shape index (κ2) is 7.74. The molecular weight excluding hydrogens is 336 g/mol. The van der Waals surface area contributed by atoms with Gasteiger partial charge in [0.25, 0.3) is 0 Å². The Hall–Kier alpha value is -3.60. The van der Waals surface area contributed by atoms with E-state index in [0.29, 0.717) is 12.6 Å². The molecule has 0 saturated heterocycles. The van der Waals surface area contributed by atoms with Crippen LogP contribution in [0.15, 0.2) is 77.9 Å². The lowest BCUT2D eigenvalue weighted by Crippen LogP contribution is -1.96. The van der Waals surface area contributed by atoms with Gasteiger partial charge >= 0.3 is 0 Å². The molecule has 0 radical (unpaired) electrons. The lowest BCUT2D eigenvalue weighted by atomic mass is 10.2. The Bertz CT molecular complexity index is 1030. The number of hydrazone groups is 1. The monoisotopic (exact) mass is 356 g/mol. The first-order valence-corrected chi connectivity index (χ1v) is 8.78. The normalized spacial score (nSPS) is 11.1. The van der Waals surface area contributed by atoms with Crippen molar-refractivity contribution >= 4 is 23.2 Å². The van der Waals surface area contributed by atoms with Crippen LogP contribution in [-0.4, -0.2) is 16.2 Å². The van der Waals surface area contributed by atoms with Gasteiger partial charge in [-0.25, -0.2) is 10.4 Å². The van der Waals surface area contributed by atoms with E-state index in [9.17, 15) is 0 Å². The number of benzene rings is 3. The second-order valence-corrected chi connectivity index (χ2v) is 6.32. The average Bonchev–Trinajstić information content (AvgIpc) is 3.11. The number of aromatic amines is 1. The highest BCUT2D eigenvalue weighted by Gasteiger charge is 2.00. The molecule has 27 heavy (non-hydrogen) atoms. The zero-order valence-electron chi connectivity index (χ0n) is 15.0. The summed E-state index contributed by atoms with van der Waals surface area (Å²) in [6, 6.07) is 24.0. The largest absolute Gasteiger partial charge is 0.489 e. The summed E-state index contributed by atoms with van der Waals surface area (Å²) in [6.45, 7) is 2.62. The van der Waals surface area contributed by atoms with E-state index in [1.807, 2.05) is 48.5 Å². The maximum absolute atomic E-state index is 5.88. The minimum absolute atomic E-state index is 0.540. The van der Waals surface area contributed by atoms with Crippen LogP contribution in [-0.2, 0) is 6.61 Å². The van der Waals surface area contributed by atoms with Crippen LogP contribution in [0.25, 0.3) is 11.0 Å². The first-order chi connectivity index (χ1) is 13.3. The van der Waals surface area contributed by atoms with Crippen molar-refractivity contribution in [2.45, 2.75) is 13.5 Å². The molecule has 0 spiro atoms. The summed E-state index contributed by atoms with van der Waals surface area (Å²) in [6.07, 6.45) is 1.74. The molecule has 2 N–H and O–H groups in total. The summed E-state index contributed by atoms with van der Waals surface area (Å²) in [7, 11) is 0. The lowest BCUT2D eigenvalue weighted by molar-refractivity contribution is 0.306. The van der Waals surface area contributed by atoms with Gasteiger partial charge in [0.15, 0.2) is 0 Å². The molecule has 0 aliphatic rings. The zero-order chi connectivity index (χ0) is 18.5. The number of imidazole rings is 1. The van der Waals surface area contributed by atoms with Gasteiger partial charge in [0.2, 0.25) is 5.95 Å². The summed E-state index contributed by atoms with van der Waals surface area (Å²) in [5.74, 6) is 1.42. The highest BCUT2D eigenvalue weighted by atomic mass is 16.5. The van der Waals surface area contributed by atoms with Crippen LogP contribution in [0.5, 0.6) is 5.75 Å². The molecule has 0 aliphatic carbocycles. The number of nitrogens with zero attached hydrogens (tertiary/aromatic N) is 2. The molecule has 1 aromatic heterocycles. The summed E-state index contributed by atoms with van der Waals surface area (Å²) >= 11 is 0. The van der Waals surface area contributed by atoms with Crippen molar-refractivity contribution < 1.29 is 4.74 Å². The van der Waals surface area contributed by atoms with Gasteiger partial charge in [-0.05, 0) is 42.3 Å². The first kappa shape index (κ1) is 16.8. The van der Waals surface area contributed by atoms with Gasteiger partial charge in [-0.15, -0.1) is 0 Å². The quantitative estimate of drug-likeness (QED) is 0.382. The zero-order valence-corrected chi connectivity index (χ0v) is 15.0. The van der Waals surface area contributed by atoms with Crippen molar-refractivity contribution in [2.75, 3.05) is 5.43 Å². The summed E-state index contributed by atoms with van der Waals surface area (Å²) in [5.41, 5.74) is 8.14. The number of ether oxygens (including phenoxy) is 1. The van der Waals surface area contributed by atoms with E-state index in [1.54, 1.807) is 6.21 Å². The topological polar surface area (TPSA) is 62.3 Å². The molecule has 1 heterocycles. The highest BCUT2D eigenvalue weighted by molar-refractivity contribution is 5.81. The molecule has 0 atom stereocenters. The number of H-pyrrole nitrogens is 1. The summed E-state index contributed by atoms with van der Waals surface area (Å²) in [5, 5.41) is 4.25. The molecule has 134 valence electrons. The number of hydrogen-bond acceptors (Lipinski definition) is 4. The number of aryl methyl sites for hydroxylation is 1. The molecule has 4 rings (SSSR count). The Kier molecular flexibility index (Phi) is 4.83. The van der Waals surface area contributed by atoms with Crippen LogP contribution in [0.2, 0.25) is 0 Å². The molecule has 0 bridgehead atoms. The van der Waals surface area contributed by atoms with Crippen LogP contribution in [0, 0.1) is 6.92 Å². The summed E-state index contributed by atoms with van der Waals surface area (Å²) < 4.78 is 5.88. The Balaban J connectivity index is 1.38. The molecular formula is C22H20N4O. The standard InChI is InChI=1S/C22H20N4O/c1-16-9-11-17(12-10-16)15-27-19-6-4-5-18(13-19)14-23-26-22-24-20-7-2-3-8-21(20)25-22/h2-14H,15H2,1H3,(H2,24,25,26)/b23-14-. The fraction of sp³-hybridized carbons (Fsp3) is 0.0909. The minimum Gasteiger partial charge on any atom is -0.489 e. The van der Waals surface area contributed by atoms with Crippen LogP contribution in [0.3, 0.4) is 0 Å². The van der Waals surface area contributed by atoms with Crippen molar-refractivity contribution in [3.05, 3.63) is 89.5 Å². The molecule has 5 heteroatoms. The highest BCUT2D eigenvalue weighted by Crippen LogP contribution is 2.15. The van der Waals surface area contributed by atoms with Gasteiger partial charge in [-0.1, -0.05) is 54.1 Å². The minimum atomic E-state index is 0.540. The number of nitrogens with one attached hydrogen (secondary N) is 2. The van der Waals surface area contributed by atoms with Crippen molar-refractivity contribution in [2.24, 2.45) is 5.10 Å². The van der Waals surface area contributed by atoms with Crippen molar-refractivity contribution in [3.8, 4) is 5.75 Å². The third kappa shape index (κ3) is 4.33. The molecule has 0 saturated carbocycles. The average molecular weight is 356 g/mol. The molecule has 0 aliphatic heterocycles. The fourth-order valence-electron chi connectivity index (χ4n) is 2.71. The van der Waals surface area contributed by atoms with Gasteiger partial charge in [0, 0.05) is 0 Å². The number of para-hydroxylation sites is 2. The van der Waals surface area contributed by atoms with E-state index in [4.69, 9.17) is 4.74 Å². The van der Waals surface area contributed by atoms with Gasteiger partial charge in [-0.3, -0.25) is 0 Å². The lowest BCUT2D eigenvalue weighted by Gasteiger charge is -2.07. The van der Waals surface area contributed by atoms with E-state index in [1.165, 1.54) is 5.56 Å². The maximum atomic E-state index is 5.88. The second-order valence-electron chi connectivity index (χ2n) is 6.32. The van der Waals surface area contributed by atoms with E-state index in [0.717, 1.165) is 27.9 Å². The molecule has 5 nitrogen and oxygen atoms in total. The van der Waals surface area contributed by atoms with E-state index in [-0.39, 0.29) is 0 Å². The summed E-state index contributed by atoms with van der Waals surface area (Å²) in [4.78, 5) is 7.60. The predicted molar refractivity (Wildman–Crippen MR) is 109 cm³/mol. The third-order valence-electron chi connectivity index (χ3n) is 4.16. The Morgan fingerprint density at radius 3 is 2.74 bits per heavy atom. The smallest absolute Gasteiger partial charge is 0.222 e.